The Labute approximate surface area is 160 Å². The summed E-state index contributed by atoms with van der Waals surface area (Å²) in [6, 6.07) is 13.9. The summed E-state index contributed by atoms with van der Waals surface area (Å²) in [7, 11) is 0. The Morgan fingerprint density at radius 1 is 0.750 bits per heavy atom. The summed E-state index contributed by atoms with van der Waals surface area (Å²) in [6.07, 6.45) is 9.70. The number of benzene rings is 2. The van der Waals surface area contributed by atoms with Crippen LogP contribution in [-0.4, -0.2) is 47.3 Å². The quantitative estimate of drug-likeness (QED) is 0.521. The maximum absolute atomic E-state index is 10.7. The van der Waals surface area contributed by atoms with Crippen molar-refractivity contribution in [3.63, 3.8) is 0 Å². The average molecular weight is 372 g/mol. The van der Waals surface area contributed by atoms with Crippen LogP contribution < -0.4 is 0 Å². The van der Waals surface area contributed by atoms with Crippen LogP contribution in [-0.2, 0) is 6.42 Å². The van der Waals surface area contributed by atoms with Gasteiger partial charge in [0.05, 0.1) is 12.4 Å². The fourth-order valence-corrected chi connectivity index (χ4v) is 2.64. The Bertz CT molecular complexity index is 1020. The van der Waals surface area contributed by atoms with E-state index in [2.05, 4.69) is 42.7 Å². The molecule has 0 fully saturated rings. The zero-order chi connectivity index (χ0) is 19.2. The summed E-state index contributed by atoms with van der Waals surface area (Å²) < 4.78 is 2.91. The van der Waals surface area contributed by atoms with Crippen LogP contribution in [0.5, 0.6) is 5.75 Å². The van der Waals surface area contributed by atoms with Crippen molar-refractivity contribution in [1.82, 2.24) is 29.7 Å². The molecule has 0 atom stereocenters. The van der Waals surface area contributed by atoms with Crippen molar-refractivity contribution >= 4 is 12.4 Å². The molecule has 0 aliphatic rings. The number of nitrogens with zero attached hydrogens (tertiary/aromatic N) is 8. The van der Waals surface area contributed by atoms with E-state index in [1.54, 1.807) is 12.4 Å². The number of phenols is 1. The van der Waals surface area contributed by atoms with Gasteiger partial charge in [0.25, 0.3) is 0 Å². The van der Waals surface area contributed by atoms with Gasteiger partial charge in [-0.2, -0.15) is 10.2 Å². The summed E-state index contributed by atoms with van der Waals surface area (Å²) in [5.74, 6) is 0.0745. The number of hydrogen-bond acceptors (Lipinski definition) is 7. The molecule has 138 valence electrons. The van der Waals surface area contributed by atoms with E-state index in [1.807, 2.05) is 30.3 Å². The van der Waals surface area contributed by atoms with Crippen molar-refractivity contribution in [2.24, 2.45) is 10.2 Å². The van der Waals surface area contributed by atoms with Crippen molar-refractivity contribution in [1.29, 1.82) is 0 Å². The van der Waals surface area contributed by atoms with Crippen LogP contribution in [0.2, 0.25) is 0 Å². The molecule has 9 heteroatoms. The van der Waals surface area contributed by atoms with Gasteiger partial charge >= 0.3 is 0 Å². The maximum Gasteiger partial charge on any atom is 0.141 e. The zero-order valence-electron chi connectivity index (χ0n) is 14.7. The average Bonchev–Trinajstić information content (AvgIpc) is 3.42. The SMILES string of the molecule is Oc1c(/C=N\n2cnnc2)cc(Cc2ccccc2)cc1/C=N/n1cnnc1. The molecule has 0 radical (unpaired) electrons. The van der Waals surface area contributed by atoms with Crippen LogP contribution >= 0.6 is 0 Å². The van der Waals surface area contributed by atoms with E-state index >= 15 is 0 Å². The Hall–Kier alpha value is -4.14. The van der Waals surface area contributed by atoms with Crippen LogP contribution in [0.4, 0.5) is 0 Å². The van der Waals surface area contributed by atoms with Gasteiger partial charge in [-0.15, -0.1) is 20.4 Å². The van der Waals surface area contributed by atoms with Crippen LogP contribution in [0, 0.1) is 0 Å². The fraction of sp³-hybridized carbons (Fsp3) is 0.0526. The summed E-state index contributed by atoms with van der Waals surface area (Å²) in [6.45, 7) is 0. The maximum atomic E-state index is 10.7. The van der Waals surface area contributed by atoms with Crippen molar-refractivity contribution in [2.75, 3.05) is 0 Å². The standard InChI is InChI=1S/C19H16N8O/c28-19-17(9-24-26-11-20-21-12-26)7-16(6-15-4-2-1-3-5-15)8-18(19)10-25-27-13-22-23-14-27/h1-5,7-14,28H,6H2/b24-9-,25-10+. The highest BCUT2D eigenvalue weighted by Gasteiger charge is 2.09. The summed E-state index contributed by atoms with van der Waals surface area (Å²) in [4.78, 5) is 0. The van der Waals surface area contributed by atoms with Gasteiger partial charge < -0.3 is 5.11 Å². The highest BCUT2D eigenvalue weighted by Crippen LogP contribution is 2.24. The minimum Gasteiger partial charge on any atom is -0.507 e. The molecule has 0 aliphatic heterocycles. The molecule has 28 heavy (non-hydrogen) atoms. The molecule has 0 saturated carbocycles. The lowest BCUT2D eigenvalue weighted by Crippen LogP contribution is -1.98. The predicted octanol–water partition coefficient (Wildman–Crippen LogP) is 1.93. The molecule has 0 saturated heterocycles. The third kappa shape index (κ3) is 4.15. The Morgan fingerprint density at radius 2 is 1.25 bits per heavy atom. The molecular weight excluding hydrogens is 356 g/mol. The first-order valence-electron chi connectivity index (χ1n) is 8.46. The van der Waals surface area contributed by atoms with Gasteiger partial charge in [-0.25, -0.2) is 9.35 Å². The second-order valence-electron chi connectivity index (χ2n) is 5.96. The van der Waals surface area contributed by atoms with E-state index < -0.39 is 0 Å². The van der Waals surface area contributed by atoms with Crippen LogP contribution in [0.15, 0.2) is 78.0 Å². The third-order valence-corrected chi connectivity index (χ3v) is 3.95. The molecule has 0 spiro atoms. The summed E-state index contributed by atoms with van der Waals surface area (Å²) in [5, 5.41) is 34.0. The van der Waals surface area contributed by atoms with Crippen LogP contribution in [0.25, 0.3) is 0 Å². The van der Waals surface area contributed by atoms with E-state index in [9.17, 15) is 5.11 Å². The Balaban J connectivity index is 1.70. The van der Waals surface area contributed by atoms with Crippen molar-refractivity contribution in [2.45, 2.75) is 6.42 Å². The molecule has 0 unspecified atom stereocenters. The van der Waals surface area contributed by atoms with Gasteiger partial charge in [-0.1, -0.05) is 30.3 Å². The van der Waals surface area contributed by atoms with Crippen molar-refractivity contribution in [3.05, 3.63) is 90.0 Å². The van der Waals surface area contributed by atoms with E-state index in [0.717, 1.165) is 11.1 Å². The van der Waals surface area contributed by atoms with Gasteiger partial charge in [0, 0.05) is 11.1 Å². The molecular formula is C19H16N8O. The van der Waals surface area contributed by atoms with Gasteiger partial charge in [-0.05, 0) is 29.7 Å². The summed E-state index contributed by atoms with van der Waals surface area (Å²) >= 11 is 0. The van der Waals surface area contributed by atoms with Gasteiger partial charge in [0.15, 0.2) is 0 Å². The highest BCUT2D eigenvalue weighted by molar-refractivity contribution is 5.92. The first-order chi connectivity index (χ1) is 13.8. The van der Waals surface area contributed by atoms with Gasteiger partial charge in [0.2, 0.25) is 0 Å². The second kappa shape index (κ2) is 8.04. The monoisotopic (exact) mass is 372 g/mol. The molecule has 2 aromatic carbocycles. The molecule has 0 amide bonds. The molecule has 9 nitrogen and oxygen atoms in total. The van der Waals surface area contributed by atoms with Gasteiger partial charge in [0.1, 0.15) is 31.1 Å². The van der Waals surface area contributed by atoms with E-state index in [4.69, 9.17) is 0 Å². The van der Waals surface area contributed by atoms with Crippen LogP contribution in [0.3, 0.4) is 0 Å². The van der Waals surface area contributed by atoms with Crippen LogP contribution in [0.1, 0.15) is 22.3 Å². The normalized spacial score (nSPS) is 11.6. The fourth-order valence-electron chi connectivity index (χ4n) is 2.64. The number of hydrogen-bond donors (Lipinski definition) is 1. The van der Waals surface area contributed by atoms with E-state index in [-0.39, 0.29) is 5.75 Å². The molecule has 4 rings (SSSR count). The Morgan fingerprint density at radius 3 is 1.75 bits per heavy atom. The first-order valence-corrected chi connectivity index (χ1v) is 8.46. The molecule has 2 aromatic heterocycles. The lowest BCUT2D eigenvalue weighted by Gasteiger charge is -2.09. The third-order valence-electron chi connectivity index (χ3n) is 3.95. The van der Waals surface area contributed by atoms with Crippen molar-refractivity contribution in [3.8, 4) is 5.75 Å². The Kier molecular flexibility index (Phi) is 4.96. The summed E-state index contributed by atoms with van der Waals surface area (Å²) in [5.41, 5.74) is 3.30. The largest absolute Gasteiger partial charge is 0.507 e. The number of rotatable bonds is 6. The predicted molar refractivity (Wildman–Crippen MR) is 103 cm³/mol. The molecule has 2 heterocycles. The second-order valence-corrected chi connectivity index (χ2v) is 5.96. The topological polar surface area (TPSA) is 106 Å². The smallest absolute Gasteiger partial charge is 0.141 e. The van der Waals surface area contributed by atoms with Crippen molar-refractivity contribution < 1.29 is 5.11 Å². The molecule has 1 N–H and O–H groups in total. The minimum atomic E-state index is 0.0745. The lowest BCUT2D eigenvalue weighted by atomic mass is 9.99. The first kappa shape index (κ1) is 17.3. The molecule has 0 bridgehead atoms. The number of aromatic nitrogens is 6. The number of aromatic hydroxyl groups is 1. The molecule has 0 aliphatic carbocycles. The number of phenolic OH excluding ortho intramolecular Hbond substituents is 1. The minimum absolute atomic E-state index is 0.0745. The highest BCUT2D eigenvalue weighted by atomic mass is 16.3. The lowest BCUT2D eigenvalue weighted by molar-refractivity contribution is 0.473. The zero-order valence-corrected chi connectivity index (χ0v) is 14.7. The van der Waals surface area contributed by atoms with E-state index in [0.29, 0.717) is 17.5 Å². The molecule has 4 aromatic rings. The van der Waals surface area contributed by atoms with Gasteiger partial charge in [-0.3, -0.25) is 0 Å². The van der Waals surface area contributed by atoms with E-state index in [1.165, 1.54) is 34.7 Å².